The predicted molar refractivity (Wildman–Crippen MR) is 226 cm³/mol. The fraction of sp³-hybridized carbons (Fsp3) is 0.548. The molecule has 1 aliphatic carbocycles. The topological polar surface area (TPSA) is 165 Å². The number of hydrogen-bond donors (Lipinski definition) is 4. The summed E-state index contributed by atoms with van der Waals surface area (Å²) in [6, 6.07) is 10.5. The first-order chi connectivity index (χ1) is 28.3. The molecule has 4 aromatic rings. The summed E-state index contributed by atoms with van der Waals surface area (Å²) in [6.45, 7) is 7.36. The molecule has 0 spiro atoms. The summed E-state index contributed by atoms with van der Waals surface area (Å²) in [5.41, 5.74) is 3.26. The molecule has 7 rings (SSSR count). The number of aromatic nitrogens is 5. The lowest BCUT2D eigenvalue weighted by molar-refractivity contribution is 0.108. The van der Waals surface area contributed by atoms with Crippen molar-refractivity contribution in [1.82, 2.24) is 34.7 Å². The maximum Gasteiger partial charge on any atom is 0.256 e. The van der Waals surface area contributed by atoms with Crippen LogP contribution in [0.25, 0.3) is 0 Å². The van der Waals surface area contributed by atoms with Crippen LogP contribution in [0.1, 0.15) is 56.3 Å². The molecule has 0 bridgehead atoms. The third-order valence-electron chi connectivity index (χ3n) is 11.2. The molecule has 3 aromatic heterocycles. The Kier molecular flexibility index (Phi) is 13.7. The predicted octanol–water partition coefficient (Wildman–Crippen LogP) is 6.30. The maximum atomic E-state index is 6.47. The van der Waals surface area contributed by atoms with Gasteiger partial charge in [0.1, 0.15) is 11.6 Å². The van der Waals surface area contributed by atoms with Gasteiger partial charge in [-0.25, -0.2) is 15.0 Å². The Morgan fingerprint density at radius 1 is 0.759 bits per heavy atom. The van der Waals surface area contributed by atoms with Gasteiger partial charge < -0.3 is 49.9 Å². The molecular formula is C42H59N11O5. The SMILES string of the molecule is CNc1cc(C)nc(Nc2cnc(OC)c(OC[C@@H]3CC(Cc4cc(NC)nc(Nc5cc(OC)c(OC)c(OCCCN6CCCC6)c5)n4)N(C4CCC4)C3)c2)n1. The van der Waals surface area contributed by atoms with Crippen molar-refractivity contribution >= 4 is 34.9 Å². The molecule has 1 saturated carbocycles. The number of nitrogens with zero attached hydrogens (tertiary/aromatic N) is 7. The number of anilines is 6. The summed E-state index contributed by atoms with van der Waals surface area (Å²) in [4.78, 5) is 28.5. The van der Waals surface area contributed by atoms with Crippen LogP contribution in [0.5, 0.6) is 28.9 Å². The van der Waals surface area contributed by atoms with E-state index < -0.39 is 0 Å². The fourth-order valence-corrected chi connectivity index (χ4v) is 8.12. The molecule has 2 aliphatic heterocycles. The number of hydrogen-bond acceptors (Lipinski definition) is 16. The molecule has 58 heavy (non-hydrogen) atoms. The Hall–Kier alpha value is -5.35. The van der Waals surface area contributed by atoms with E-state index in [0.717, 1.165) is 61.1 Å². The zero-order chi connectivity index (χ0) is 40.4. The van der Waals surface area contributed by atoms with E-state index in [4.69, 9.17) is 33.7 Å². The Morgan fingerprint density at radius 2 is 1.48 bits per heavy atom. The zero-order valence-corrected chi connectivity index (χ0v) is 34.8. The van der Waals surface area contributed by atoms with Gasteiger partial charge in [0.05, 0.1) is 46.4 Å². The third kappa shape index (κ3) is 10.2. The van der Waals surface area contributed by atoms with Gasteiger partial charge >= 0.3 is 0 Å². The quantitative estimate of drug-likeness (QED) is 0.0736. The van der Waals surface area contributed by atoms with Crippen molar-refractivity contribution in [2.75, 3.05) is 96.1 Å². The number of ether oxygens (including phenoxy) is 5. The molecule has 5 heterocycles. The first kappa shape index (κ1) is 40.8. The smallest absolute Gasteiger partial charge is 0.256 e. The van der Waals surface area contributed by atoms with Crippen LogP contribution in [-0.4, -0.2) is 122 Å². The monoisotopic (exact) mass is 797 g/mol. The summed E-state index contributed by atoms with van der Waals surface area (Å²) >= 11 is 0. The van der Waals surface area contributed by atoms with Crippen molar-refractivity contribution in [1.29, 1.82) is 0 Å². The van der Waals surface area contributed by atoms with E-state index in [1.807, 2.05) is 51.4 Å². The minimum Gasteiger partial charge on any atom is -0.493 e. The first-order valence-corrected chi connectivity index (χ1v) is 20.5. The van der Waals surface area contributed by atoms with Crippen LogP contribution in [-0.2, 0) is 6.42 Å². The largest absolute Gasteiger partial charge is 0.493 e. The number of pyridine rings is 1. The summed E-state index contributed by atoms with van der Waals surface area (Å²) < 4.78 is 29.8. The van der Waals surface area contributed by atoms with Crippen LogP contribution in [0.3, 0.4) is 0 Å². The highest BCUT2D eigenvalue weighted by atomic mass is 16.5. The van der Waals surface area contributed by atoms with Gasteiger partial charge in [-0.1, -0.05) is 6.42 Å². The second kappa shape index (κ2) is 19.4. The Morgan fingerprint density at radius 3 is 2.19 bits per heavy atom. The summed E-state index contributed by atoms with van der Waals surface area (Å²) in [5.74, 6) is 5.51. The summed E-state index contributed by atoms with van der Waals surface area (Å²) in [7, 11) is 8.58. The van der Waals surface area contributed by atoms with Gasteiger partial charge in [0.25, 0.3) is 5.88 Å². The number of likely N-dealkylation sites (tertiary alicyclic amines) is 2. The molecule has 2 saturated heterocycles. The molecule has 2 atom stereocenters. The lowest BCUT2D eigenvalue weighted by Crippen LogP contribution is -2.44. The van der Waals surface area contributed by atoms with E-state index in [1.165, 1.54) is 45.2 Å². The van der Waals surface area contributed by atoms with E-state index in [1.54, 1.807) is 27.5 Å². The number of benzene rings is 1. The van der Waals surface area contributed by atoms with Gasteiger partial charge in [-0.3, -0.25) is 4.90 Å². The molecule has 16 heteroatoms. The molecule has 0 radical (unpaired) electrons. The average Bonchev–Trinajstić information content (AvgIpc) is 3.87. The molecule has 4 N–H and O–H groups in total. The minimum atomic E-state index is 0.306. The van der Waals surface area contributed by atoms with E-state index in [9.17, 15) is 0 Å². The van der Waals surface area contributed by atoms with Crippen molar-refractivity contribution in [2.24, 2.45) is 5.92 Å². The van der Waals surface area contributed by atoms with Crippen LogP contribution < -0.4 is 45.0 Å². The van der Waals surface area contributed by atoms with Crippen molar-refractivity contribution in [2.45, 2.75) is 70.4 Å². The number of rotatable bonds is 20. The average molecular weight is 798 g/mol. The molecule has 0 amide bonds. The number of methoxy groups -OCH3 is 3. The fourth-order valence-electron chi connectivity index (χ4n) is 8.12. The van der Waals surface area contributed by atoms with Crippen LogP contribution in [0, 0.1) is 12.8 Å². The van der Waals surface area contributed by atoms with Gasteiger partial charge in [0, 0.05) is 99.0 Å². The Balaban J connectivity index is 1.03. The van der Waals surface area contributed by atoms with E-state index in [0.29, 0.717) is 77.7 Å². The second-order valence-electron chi connectivity index (χ2n) is 15.3. The maximum absolute atomic E-state index is 6.47. The molecule has 3 fully saturated rings. The normalized spacial score (nSPS) is 18.4. The van der Waals surface area contributed by atoms with Crippen LogP contribution in [0.2, 0.25) is 0 Å². The van der Waals surface area contributed by atoms with Crippen LogP contribution in [0.15, 0.2) is 36.5 Å². The second-order valence-corrected chi connectivity index (χ2v) is 15.3. The lowest BCUT2D eigenvalue weighted by Gasteiger charge is -2.38. The molecular weight excluding hydrogens is 739 g/mol. The van der Waals surface area contributed by atoms with Gasteiger partial charge in [0.15, 0.2) is 17.2 Å². The molecule has 3 aliphatic rings. The minimum absolute atomic E-state index is 0.306. The standard InChI is InChI=1S/C42H59N11O5/c1-27-17-37(43-2)50-41(46-27)49-31-22-36(40(56-6)45-24-31)58-26-28-18-33(53(25-28)32-11-9-12-32)19-29-23-38(44-3)51-42(47-29)48-30-20-34(54-4)39(55-5)35(21-30)57-16-10-15-52-13-7-8-14-52/h17,20-24,28,32-33H,7-16,18-19,25-26H2,1-6H3,(H2,43,46,49,50)(H2,44,47,48,51)/t28-,33?/m1/s1. The van der Waals surface area contributed by atoms with Gasteiger partial charge in [-0.05, 0) is 58.5 Å². The van der Waals surface area contributed by atoms with Gasteiger partial charge in [0.2, 0.25) is 17.6 Å². The molecule has 1 aromatic carbocycles. The molecule has 16 nitrogen and oxygen atoms in total. The number of nitrogens with one attached hydrogen (secondary N) is 4. The highest BCUT2D eigenvalue weighted by molar-refractivity contribution is 5.66. The summed E-state index contributed by atoms with van der Waals surface area (Å²) in [5, 5.41) is 13.0. The van der Waals surface area contributed by atoms with E-state index in [-0.39, 0.29) is 0 Å². The highest BCUT2D eigenvalue weighted by Crippen LogP contribution is 2.41. The Bertz CT molecular complexity index is 1980. The van der Waals surface area contributed by atoms with Crippen molar-refractivity contribution in [3.8, 4) is 28.9 Å². The Labute approximate surface area is 341 Å². The van der Waals surface area contributed by atoms with Gasteiger partial charge in [-0.2, -0.15) is 9.97 Å². The van der Waals surface area contributed by atoms with Crippen molar-refractivity contribution in [3.63, 3.8) is 0 Å². The lowest BCUT2D eigenvalue weighted by atomic mass is 9.90. The molecule has 1 unspecified atom stereocenters. The van der Waals surface area contributed by atoms with Crippen LogP contribution >= 0.6 is 0 Å². The van der Waals surface area contributed by atoms with Crippen molar-refractivity contribution in [3.05, 3.63) is 47.9 Å². The van der Waals surface area contributed by atoms with Gasteiger partial charge in [-0.15, -0.1) is 0 Å². The highest BCUT2D eigenvalue weighted by Gasteiger charge is 2.39. The molecule has 312 valence electrons. The van der Waals surface area contributed by atoms with E-state index in [2.05, 4.69) is 46.0 Å². The third-order valence-corrected chi connectivity index (χ3v) is 11.2. The first-order valence-electron chi connectivity index (χ1n) is 20.5. The zero-order valence-electron chi connectivity index (χ0n) is 34.8. The summed E-state index contributed by atoms with van der Waals surface area (Å²) in [6.07, 6.45) is 10.6. The van der Waals surface area contributed by atoms with Crippen molar-refractivity contribution < 1.29 is 23.7 Å². The number of aryl methyl sites for hydroxylation is 1. The van der Waals surface area contributed by atoms with E-state index >= 15 is 0 Å². The van der Waals surface area contributed by atoms with Crippen LogP contribution in [0.4, 0.5) is 34.9 Å².